The molecular formula is C16H23N. The maximum atomic E-state index is 6.16. The summed E-state index contributed by atoms with van der Waals surface area (Å²) >= 11 is 0. The monoisotopic (exact) mass is 229 g/mol. The van der Waals surface area contributed by atoms with Crippen molar-refractivity contribution in [2.75, 3.05) is 0 Å². The van der Waals surface area contributed by atoms with Crippen molar-refractivity contribution in [1.82, 2.24) is 0 Å². The summed E-state index contributed by atoms with van der Waals surface area (Å²) in [7, 11) is 0. The normalized spacial score (nSPS) is 25.4. The highest BCUT2D eigenvalue weighted by molar-refractivity contribution is 5.36. The summed E-state index contributed by atoms with van der Waals surface area (Å²) in [6.07, 6.45) is 8.79. The molecule has 0 aliphatic heterocycles. The molecule has 0 bridgehead atoms. The van der Waals surface area contributed by atoms with Crippen molar-refractivity contribution in [1.29, 1.82) is 0 Å². The Kier molecular flexibility index (Phi) is 2.74. The third kappa shape index (κ3) is 2.40. The maximum absolute atomic E-state index is 6.16. The Labute approximate surface area is 104 Å². The number of hydrogen-bond donors (Lipinski definition) is 1. The van der Waals surface area contributed by atoms with Gasteiger partial charge >= 0.3 is 0 Å². The second-order valence-corrected chi connectivity index (χ2v) is 6.19. The Morgan fingerprint density at radius 3 is 2.94 bits per heavy atom. The molecule has 1 unspecified atom stereocenters. The van der Waals surface area contributed by atoms with Crippen LogP contribution in [-0.4, -0.2) is 5.54 Å². The highest BCUT2D eigenvalue weighted by atomic mass is 14.8. The van der Waals surface area contributed by atoms with Crippen LogP contribution in [0.25, 0.3) is 0 Å². The van der Waals surface area contributed by atoms with Crippen LogP contribution in [-0.2, 0) is 12.8 Å². The Bertz CT molecular complexity index is 418. The van der Waals surface area contributed by atoms with E-state index in [-0.39, 0.29) is 5.54 Å². The molecule has 0 heterocycles. The third-order valence-electron chi connectivity index (χ3n) is 4.63. The highest BCUT2D eigenvalue weighted by Gasteiger charge is 2.37. The van der Waals surface area contributed by atoms with Crippen LogP contribution in [0.15, 0.2) is 18.2 Å². The Morgan fingerprint density at radius 1 is 1.35 bits per heavy atom. The molecule has 1 aromatic rings. The van der Waals surface area contributed by atoms with E-state index in [1.165, 1.54) is 44.1 Å². The first-order valence-electron chi connectivity index (χ1n) is 7.07. The van der Waals surface area contributed by atoms with Crippen LogP contribution in [0.5, 0.6) is 0 Å². The van der Waals surface area contributed by atoms with Crippen LogP contribution >= 0.6 is 0 Å². The molecule has 0 aromatic heterocycles. The standard InChI is InChI=1S/C16H23N/c1-12-3-2-4-14-6-5-13(11-15(12)14)7-8-16(17)9-10-16/h5-6,11-12H,2-4,7-10,17H2,1H3. The molecule has 0 radical (unpaired) electrons. The van der Waals surface area contributed by atoms with Crippen molar-refractivity contribution < 1.29 is 0 Å². The molecule has 0 amide bonds. The van der Waals surface area contributed by atoms with E-state index in [4.69, 9.17) is 5.73 Å². The van der Waals surface area contributed by atoms with Crippen LogP contribution in [0, 0.1) is 0 Å². The molecule has 92 valence electrons. The minimum absolute atomic E-state index is 0.196. The lowest BCUT2D eigenvalue weighted by atomic mass is 9.82. The van der Waals surface area contributed by atoms with Gasteiger partial charge in [0.1, 0.15) is 0 Å². The molecule has 1 fully saturated rings. The quantitative estimate of drug-likeness (QED) is 0.842. The molecule has 1 saturated carbocycles. The lowest BCUT2D eigenvalue weighted by Gasteiger charge is -2.23. The number of aryl methyl sites for hydroxylation is 2. The predicted molar refractivity (Wildman–Crippen MR) is 72.3 cm³/mol. The smallest absolute Gasteiger partial charge is 0.0158 e. The van der Waals surface area contributed by atoms with Gasteiger partial charge in [-0.25, -0.2) is 0 Å². The van der Waals surface area contributed by atoms with E-state index in [1.807, 2.05) is 0 Å². The van der Waals surface area contributed by atoms with E-state index in [0.29, 0.717) is 0 Å². The number of hydrogen-bond acceptors (Lipinski definition) is 1. The van der Waals surface area contributed by atoms with Gasteiger partial charge in [0.2, 0.25) is 0 Å². The van der Waals surface area contributed by atoms with Gasteiger partial charge in [-0.1, -0.05) is 25.1 Å². The van der Waals surface area contributed by atoms with Crippen LogP contribution in [0.4, 0.5) is 0 Å². The molecule has 3 rings (SSSR count). The van der Waals surface area contributed by atoms with Gasteiger partial charge in [-0.05, 0) is 67.6 Å². The zero-order chi connectivity index (χ0) is 11.9. The van der Waals surface area contributed by atoms with Gasteiger partial charge in [0.15, 0.2) is 0 Å². The second kappa shape index (κ2) is 4.13. The minimum Gasteiger partial charge on any atom is -0.325 e. The van der Waals surface area contributed by atoms with Gasteiger partial charge in [0.25, 0.3) is 0 Å². The molecule has 0 saturated heterocycles. The van der Waals surface area contributed by atoms with E-state index < -0.39 is 0 Å². The van der Waals surface area contributed by atoms with E-state index in [9.17, 15) is 0 Å². The topological polar surface area (TPSA) is 26.0 Å². The number of rotatable bonds is 3. The summed E-state index contributed by atoms with van der Waals surface area (Å²) in [4.78, 5) is 0. The van der Waals surface area contributed by atoms with Crippen LogP contribution in [0.1, 0.15) is 61.6 Å². The van der Waals surface area contributed by atoms with Gasteiger partial charge in [0, 0.05) is 5.54 Å². The molecule has 2 aliphatic rings. The average molecular weight is 229 g/mol. The van der Waals surface area contributed by atoms with Gasteiger partial charge in [0.05, 0.1) is 0 Å². The molecule has 2 aliphatic carbocycles. The first-order chi connectivity index (χ1) is 8.16. The molecule has 17 heavy (non-hydrogen) atoms. The maximum Gasteiger partial charge on any atom is 0.0158 e. The Balaban J connectivity index is 1.75. The van der Waals surface area contributed by atoms with Crippen molar-refractivity contribution >= 4 is 0 Å². The highest BCUT2D eigenvalue weighted by Crippen LogP contribution is 2.37. The van der Waals surface area contributed by atoms with E-state index in [1.54, 1.807) is 11.1 Å². The predicted octanol–water partition coefficient (Wildman–Crippen LogP) is 3.55. The third-order valence-corrected chi connectivity index (χ3v) is 4.63. The van der Waals surface area contributed by atoms with Crippen molar-refractivity contribution in [2.24, 2.45) is 5.73 Å². The van der Waals surface area contributed by atoms with Crippen molar-refractivity contribution in [3.05, 3.63) is 34.9 Å². The number of fused-ring (bicyclic) bond motifs is 1. The Hall–Kier alpha value is -0.820. The second-order valence-electron chi connectivity index (χ2n) is 6.19. The summed E-state index contributed by atoms with van der Waals surface area (Å²) in [5, 5.41) is 0. The first kappa shape index (κ1) is 11.3. The largest absolute Gasteiger partial charge is 0.325 e. The summed E-state index contributed by atoms with van der Waals surface area (Å²) in [5.41, 5.74) is 11.0. The fourth-order valence-electron chi connectivity index (χ4n) is 3.04. The molecular weight excluding hydrogens is 206 g/mol. The van der Waals surface area contributed by atoms with Gasteiger partial charge in [-0.15, -0.1) is 0 Å². The fraction of sp³-hybridized carbons (Fsp3) is 0.625. The van der Waals surface area contributed by atoms with Crippen LogP contribution < -0.4 is 5.73 Å². The van der Waals surface area contributed by atoms with Crippen molar-refractivity contribution in [2.45, 2.75) is 63.3 Å². The first-order valence-corrected chi connectivity index (χ1v) is 7.07. The summed E-state index contributed by atoms with van der Waals surface area (Å²) in [6.45, 7) is 2.37. The van der Waals surface area contributed by atoms with Gasteiger partial charge < -0.3 is 5.73 Å². The molecule has 1 atom stereocenters. The lowest BCUT2D eigenvalue weighted by Crippen LogP contribution is -2.22. The van der Waals surface area contributed by atoms with E-state index >= 15 is 0 Å². The molecule has 1 heteroatoms. The number of benzene rings is 1. The van der Waals surface area contributed by atoms with Gasteiger partial charge in [-0.2, -0.15) is 0 Å². The molecule has 1 nitrogen and oxygen atoms in total. The SMILES string of the molecule is CC1CCCc2ccc(CCC3(N)CC3)cc21. The molecule has 0 spiro atoms. The number of nitrogens with two attached hydrogens (primary N) is 1. The van der Waals surface area contributed by atoms with Crippen molar-refractivity contribution in [3.63, 3.8) is 0 Å². The van der Waals surface area contributed by atoms with Crippen molar-refractivity contribution in [3.8, 4) is 0 Å². The Morgan fingerprint density at radius 2 is 2.18 bits per heavy atom. The average Bonchev–Trinajstić information content (AvgIpc) is 3.06. The zero-order valence-corrected chi connectivity index (χ0v) is 10.8. The summed E-state index contributed by atoms with van der Waals surface area (Å²) in [5.74, 6) is 0.756. The molecule has 1 aromatic carbocycles. The van der Waals surface area contributed by atoms with Gasteiger partial charge in [-0.3, -0.25) is 0 Å². The van der Waals surface area contributed by atoms with E-state index in [2.05, 4.69) is 25.1 Å². The summed E-state index contributed by atoms with van der Waals surface area (Å²) < 4.78 is 0. The lowest BCUT2D eigenvalue weighted by molar-refractivity contribution is 0.585. The fourth-order valence-corrected chi connectivity index (χ4v) is 3.04. The zero-order valence-electron chi connectivity index (χ0n) is 10.8. The van der Waals surface area contributed by atoms with E-state index in [0.717, 1.165) is 12.3 Å². The molecule has 2 N–H and O–H groups in total. The minimum atomic E-state index is 0.196. The summed E-state index contributed by atoms with van der Waals surface area (Å²) in [6, 6.07) is 7.13. The van der Waals surface area contributed by atoms with Crippen LogP contribution in [0.3, 0.4) is 0 Å². The van der Waals surface area contributed by atoms with Crippen LogP contribution in [0.2, 0.25) is 0 Å².